The molecule has 2 aromatic heterocycles. The fourth-order valence-electron chi connectivity index (χ4n) is 8.75. The third-order valence-corrected chi connectivity index (χ3v) is 12.6. The maximum absolute atomic E-state index is 5.88. The standard InChI is InChI=1S/C33H40N4O4.C27H30N4O/c1-38-33-7-3-5-30(23-33)25-37(24-29-4-2-6-32(22-29)36-13-12-34-27-36)31-10-8-28(9-11-31)26-41-21-20-40-19-16-35-14-17-39-18-15-35;1-29(2)19-22-11-13-25(14-12-22)30(21-24-8-5-10-27(18-24)32-3)20-23-7-4-9-26(17-23)31-16-6-15-28-31/h2-13,22-23,27H,14-21,24-26H2,1H3;4-18H,19-21H2,1-3H3. The lowest BCUT2D eigenvalue weighted by Crippen LogP contribution is -2.38. The van der Waals surface area contributed by atoms with Crippen molar-refractivity contribution in [1.82, 2.24) is 29.1 Å². The van der Waals surface area contributed by atoms with Crippen LogP contribution >= 0.6 is 0 Å². The summed E-state index contributed by atoms with van der Waals surface area (Å²) in [6, 6.07) is 53.1. The fraction of sp³-hybridized carbons (Fsp3) is 0.300. The van der Waals surface area contributed by atoms with Crippen LogP contribution in [0.4, 0.5) is 11.4 Å². The van der Waals surface area contributed by atoms with Gasteiger partial charge in [-0.3, -0.25) is 4.90 Å². The summed E-state index contributed by atoms with van der Waals surface area (Å²) in [5.41, 5.74) is 11.8. The number of hydrogen-bond acceptors (Lipinski definition) is 11. The highest BCUT2D eigenvalue weighted by Gasteiger charge is 2.14. The van der Waals surface area contributed by atoms with Gasteiger partial charge in [-0.25, -0.2) is 9.67 Å². The van der Waals surface area contributed by atoms with Gasteiger partial charge in [0.05, 0.1) is 65.9 Å². The number of anilines is 2. The first-order valence-electron chi connectivity index (χ1n) is 25.1. The molecule has 8 aromatic rings. The first kappa shape index (κ1) is 52.1. The minimum atomic E-state index is 0.565. The van der Waals surface area contributed by atoms with Crippen molar-refractivity contribution in [2.75, 3.05) is 90.8 Å². The summed E-state index contributed by atoms with van der Waals surface area (Å²) in [6.07, 6.45) is 9.36. The van der Waals surface area contributed by atoms with Crippen LogP contribution in [0.25, 0.3) is 11.4 Å². The first-order chi connectivity index (χ1) is 35.9. The monoisotopic (exact) mass is 983 g/mol. The SMILES string of the molecule is COc1cccc(CN(Cc2cccc(-n3cccn3)c2)c2ccc(CN(C)C)cc2)c1.COc1cccc(CN(Cc2cccc(-n3ccnc3)c2)c2ccc(COCCOCCN3CCOCC3)cc2)c1. The average Bonchev–Trinajstić information content (AvgIpc) is 4.19. The Morgan fingerprint density at radius 2 is 1.07 bits per heavy atom. The summed E-state index contributed by atoms with van der Waals surface area (Å²) in [5, 5.41) is 4.37. The van der Waals surface area contributed by atoms with E-state index in [1.165, 1.54) is 33.5 Å². The zero-order chi connectivity index (χ0) is 50.5. The molecule has 0 N–H and O–H groups in total. The minimum absolute atomic E-state index is 0.565. The molecule has 0 aliphatic carbocycles. The quantitative estimate of drug-likeness (QED) is 0.0542. The van der Waals surface area contributed by atoms with E-state index in [9.17, 15) is 0 Å². The Balaban J connectivity index is 0.000000201. The Morgan fingerprint density at radius 1 is 0.521 bits per heavy atom. The van der Waals surface area contributed by atoms with Gasteiger partial charge in [-0.15, -0.1) is 0 Å². The number of aromatic nitrogens is 4. The Labute approximate surface area is 431 Å². The molecule has 0 spiro atoms. The van der Waals surface area contributed by atoms with E-state index in [1.807, 2.05) is 58.3 Å². The molecule has 6 aromatic carbocycles. The van der Waals surface area contributed by atoms with Crippen LogP contribution in [0.3, 0.4) is 0 Å². The Kier molecular flexibility index (Phi) is 19.6. The lowest BCUT2D eigenvalue weighted by Gasteiger charge is -2.26. The highest BCUT2D eigenvalue weighted by Crippen LogP contribution is 2.26. The van der Waals surface area contributed by atoms with E-state index in [4.69, 9.17) is 23.7 Å². The van der Waals surface area contributed by atoms with Crippen LogP contribution in [-0.4, -0.2) is 110 Å². The zero-order valence-corrected chi connectivity index (χ0v) is 42.8. The summed E-state index contributed by atoms with van der Waals surface area (Å²) < 4.78 is 31.9. The zero-order valence-electron chi connectivity index (χ0n) is 42.8. The first-order valence-corrected chi connectivity index (χ1v) is 25.1. The van der Waals surface area contributed by atoms with Gasteiger partial charge in [-0.2, -0.15) is 5.10 Å². The van der Waals surface area contributed by atoms with E-state index in [-0.39, 0.29) is 0 Å². The molecular formula is C60H70N8O5. The van der Waals surface area contributed by atoms with Crippen molar-refractivity contribution >= 4 is 11.4 Å². The molecule has 380 valence electrons. The molecule has 1 aliphatic heterocycles. The molecule has 9 rings (SSSR count). The molecule has 1 fully saturated rings. The van der Waals surface area contributed by atoms with Crippen molar-refractivity contribution in [3.8, 4) is 22.9 Å². The molecule has 0 radical (unpaired) electrons. The normalized spacial score (nSPS) is 12.6. The molecule has 13 heteroatoms. The molecule has 0 amide bonds. The van der Waals surface area contributed by atoms with Crippen LogP contribution in [0.15, 0.2) is 183 Å². The van der Waals surface area contributed by atoms with Crippen LogP contribution in [0.5, 0.6) is 11.5 Å². The molecular weight excluding hydrogens is 913 g/mol. The summed E-state index contributed by atoms with van der Waals surface area (Å²) in [7, 11) is 7.60. The molecule has 13 nitrogen and oxygen atoms in total. The van der Waals surface area contributed by atoms with E-state index in [2.05, 4.69) is 165 Å². The van der Waals surface area contributed by atoms with Crippen molar-refractivity contribution in [2.24, 2.45) is 0 Å². The summed E-state index contributed by atoms with van der Waals surface area (Å²) in [4.78, 5) is 13.5. The summed E-state index contributed by atoms with van der Waals surface area (Å²) >= 11 is 0. The van der Waals surface area contributed by atoms with Gasteiger partial charge in [-0.1, -0.05) is 72.8 Å². The lowest BCUT2D eigenvalue weighted by atomic mass is 10.1. The molecule has 0 atom stereocenters. The van der Waals surface area contributed by atoms with E-state index >= 15 is 0 Å². The number of hydrogen-bond donors (Lipinski definition) is 0. The molecule has 1 aliphatic rings. The van der Waals surface area contributed by atoms with Gasteiger partial charge in [0.1, 0.15) is 11.5 Å². The maximum Gasteiger partial charge on any atom is 0.119 e. The second-order valence-electron chi connectivity index (χ2n) is 18.4. The Morgan fingerprint density at radius 3 is 1.62 bits per heavy atom. The predicted molar refractivity (Wildman–Crippen MR) is 291 cm³/mol. The van der Waals surface area contributed by atoms with Gasteiger partial charge in [0, 0.05) is 94.2 Å². The number of imidazole rings is 1. The second kappa shape index (κ2) is 27.5. The van der Waals surface area contributed by atoms with Crippen molar-refractivity contribution in [3.63, 3.8) is 0 Å². The van der Waals surface area contributed by atoms with Crippen LogP contribution in [-0.2, 0) is 53.5 Å². The van der Waals surface area contributed by atoms with Crippen LogP contribution in [0.2, 0.25) is 0 Å². The number of rotatable bonds is 24. The molecule has 73 heavy (non-hydrogen) atoms. The van der Waals surface area contributed by atoms with Gasteiger partial charge in [-0.05, 0) is 126 Å². The predicted octanol–water partition coefficient (Wildman–Crippen LogP) is 10.1. The van der Waals surface area contributed by atoms with Crippen molar-refractivity contribution in [1.29, 1.82) is 0 Å². The number of nitrogens with zero attached hydrogens (tertiary/aromatic N) is 8. The molecule has 0 bridgehead atoms. The molecule has 0 unspecified atom stereocenters. The van der Waals surface area contributed by atoms with Crippen molar-refractivity contribution in [2.45, 2.75) is 39.3 Å². The average molecular weight is 983 g/mol. The third kappa shape index (κ3) is 16.4. The lowest BCUT2D eigenvalue weighted by molar-refractivity contribution is 0.00585. The van der Waals surface area contributed by atoms with Crippen molar-refractivity contribution < 1.29 is 23.7 Å². The summed E-state index contributed by atoms with van der Waals surface area (Å²) in [5.74, 6) is 1.74. The largest absolute Gasteiger partial charge is 0.497 e. The minimum Gasteiger partial charge on any atom is -0.497 e. The molecule has 1 saturated heterocycles. The van der Waals surface area contributed by atoms with E-state index in [1.54, 1.807) is 26.6 Å². The van der Waals surface area contributed by atoms with Gasteiger partial charge < -0.3 is 43.0 Å². The van der Waals surface area contributed by atoms with Crippen LogP contribution < -0.4 is 19.3 Å². The second-order valence-corrected chi connectivity index (χ2v) is 18.4. The Hall–Kier alpha value is -7.26. The summed E-state index contributed by atoms with van der Waals surface area (Å²) in [6.45, 7) is 11.1. The fourth-order valence-corrected chi connectivity index (χ4v) is 8.75. The number of morpholine rings is 1. The topological polar surface area (TPSA) is 94.8 Å². The van der Waals surface area contributed by atoms with Gasteiger partial charge in [0.15, 0.2) is 0 Å². The van der Waals surface area contributed by atoms with Gasteiger partial charge in [0.2, 0.25) is 0 Å². The number of methoxy groups -OCH3 is 2. The number of benzene rings is 6. The number of ether oxygens (including phenoxy) is 5. The van der Waals surface area contributed by atoms with Crippen LogP contribution in [0.1, 0.15) is 33.4 Å². The molecule has 3 heterocycles. The van der Waals surface area contributed by atoms with Gasteiger partial charge >= 0.3 is 0 Å². The highest BCUT2D eigenvalue weighted by molar-refractivity contribution is 5.51. The van der Waals surface area contributed by atoms with Crippen molar-refractivity contribution in [3.05, 3.63) is 216 Å². The smallest absolute Gasteiger partial charge is 0.119 e. The van der Waals surface area contributed by atoms with E-state index in [0.717, 1.165) is 106 Å². The third-order valence-electron chi connectivity index (χ3n) is 12.6. The van der Waals surface area contributed by atoms with Crippen LogP contribution in [0, 0.1) is 0 Å². The highest BCUT2D eigenvalue weighted by atomic mass is 16.5. The molecule has 0 saturated carbocycles. The maximum atomic E-state index is 5.88. The Bertz CT molecular complexity index is 2820. The van der Waals surface area contributed by atoms with E-state index in [0.29, 0.717) is 19.8 Å². The van der Waals surface area contributed by atoms with Gasteiger partial charge in [0.25, 0.3) is 0 Å². The van der Waals surface area contributed by atoms with E-state index < -0.39 is 0 Å².